The fourth-order valence-electron chi connectivity index (χ4n) is 5.15. The van der Waals surface area contributed by atoms with E-state index in [1.54, 1.807) is 11.6 Å². The number of nitrogens with zero attached hydrogens (tertiary/aromatic N) is 4. The predicted molar refractivity (Wildman–Crippen MR) is 171 cm³/mol. The molecule has 1 aromatic heterocycles. The van der Waals surface area contributed by atoms with Crippen LogP contribution in [0, 0.1) is 5.92 Å². The molecule has 1 aliphatic rings. The number of aliphatic hydroxyl groups is 1. The van der Waals surface area contributed by atoms with Crippen LogP contribution in [-0.2, 0) is 39.2 Å². The second-order valence-corrected chi connectivity index (χ2v) is 11.9. The second kappa shape index (κ2) is 15.8. The van der Waals surface area contributed by atoms with E-state index < -0.39 is 18.3 Å². The zero-order chi connectivity index (χ0) is 32.5. The van der Waals surface area contributed by atoms with Gasteiger partial charge < -0.3 is 30.0 Å². The topological polar surface area (TPSA) is 150 Å². The number of amides is 2. The van der Waals surface area contributed by atoms with Gasteiger partial charge >= 0.3 is 12.0 Å². The number of hydrogen-bond donors (Lipinski definition) is 3. The van der Waals surface area contributed by atoms with Gasteiger partial charge in [-0.2, -0.15) is 0 Å². The van der Waals surface area contributed by atoms with Gasteiger partial charge in [-0.15, -0.1) is 5.10 Å². The number of benzene rings is 3. The van der Waals surface area contributed by atoms with E-state index >= 15 is 0 Å². The molecular formula is C33H38N6O6S. The third-order valence-electron chi connectivity index (χ3n) is 7.65. The Hall–Kier alpha value is -4.30. The smallest absolute Gasteiger partial charge is 0.325 e. The number of aromatic nitrogens is 4. The van der Waals surface area contributed by atoms with Gasteiger partial charge in [0.15, 0.2) is 6.29 Å². The molecule has 1 fully saturated rings. The molecule has 3 N–H and O–H groups in total. The number of urea groups is 1. The van der Waals surface area contributed by atoms with Gasteiger partial charge in [-0.3, -0.25) is 4.79 Å². The number of carbonyl (C=O) groups is 2. The molecule has 0 radical (unpaired) electrons. The first-order chi connectivity index (χ1) is 22.3. The lowest BCUT2D eigenvalue weighted by Crippen LogP contribution is -2.38. The van der Waals surface area contributed by atoms with Crippen molar-refractivity contribution in [2.45, 2.75) is 50.7 Å². The molecule has 0 bridgehead atoms. The van der Waals surface area contributed by atoms with Gasteiger partial charge in [-0.05, 0) is 57.3 Å². The quantitative estimate of drug-likeness (QED) is 0.150. The number of nitrogens with one attached hydrogen (secondary N) is 2. The van der Waals surface area contributed by atoms with E-state index in [0.717, 1.165) is 33.4 Å². The number of aryl methyl sites for hydroxylation is 1. The highest BCUT2D eigenvalue weighted by molar-refractivity contribution is 7.99. The van der Waals surface area contributed by atoms with Crippen molar-refractivity contribution in [3.8, 4) is 11.1 Å². The van der Waals surface area contributed by atoms with Crippen LogP contribution in [0.25, 0.3) is 11.1 Å². The van der Waals surface area contributed by atoms with E-state index in [0.29, 0.717) is 10.9 Å². The average Bonchev–Trinajstić information content (AvgIpc) is 3.50. The van der Waals surface area contributed by atoms with Gasteiger partial charge in [-0.25, -0.2) is 9.48 Å². The molecule has 242 valence electrons. The Kier molecular flexibility index (Phi) is 11.4. The number of ether oxygens (including phenoxy) is 3. The van der Waals surface area contributed by atoms with E-state index in [4.69, 9.17) is 14.2 Å². The number of esters is 1. The number of thioether (sulfide) groups is 1. The Morgan fingerprint density at radius 2 is 1.74 bits per heavy atom. The molecule has 46 heavy (non-hydrogen) atoms. The van der Waals surface area contributed by atoms with E-state index in [-0.39, 0.29) is 44.4 Å². The molecule has 0 saturated carbocycles. The van der Waals surface area contributed by atoms with Crippen molar-refractivity contribution in [3.63, 3.8) is 0 Å². The van der Waals surface area contributed by atoms with Gasteiger partial charge in [0.2, 0.25) is 5.16 Å². The maximum atomic E-state index is 12.2. The Labute approximate surface area is 271 Å². The monoisotopic (exact) mass is 646 g/mol. The van der Waals surface area contributed by atoms with Gasteiger partial charge in [0.1, 0.15) is 6.54 Å². The first-order valence-electron chi connectivity index (χ1n) is 15.1. The molecule has 0 aliphatic carbocycles. The van der Waals surface area contributed by atoms with E-state index in [1.807, 2.05) is 73.8 Å². The summed E-state index contributed by atoms with van der Waals surface area (Å²) in [6.45, 7) is 4.16. The molecule has 1 saturated heterocycles. The van der Waals surface area contributed by atoms with Crippen molar-refractivity contribution in [2.24, 2.45) is 13.0 Å². The van der Waals surface area contributed by atoms with Crippen LogP contribution in [0.15, 0.2) is 78.0 Å². The van der Waals surface area contributed by atoms with Crippen LogP contribution in [0.3, 0.4) is 0 Å². The SMILES string of the molecule is CCOC(=O)CNC(=O)NCc1cccc(-c2cccc([C@@H]3O[C@H](CSc4nnnn4C)[C@H](C)[C@H](c4ccc(CO)cc4)O3)c2)c1. The maximum Gasteiger partial charge on any atom is 0.325 e. The number of hydrogen-bond acceptors (Lipinski definition) is 10. The summed E-state index contributed by atoms with van der Waals surface area (Å²) in [6.07, 6.45) is -1.05. The largest absolute Gasteiger partial charge is 0.465 e. The summed E-state index contributed by atoms with van der Waals surface area (Å²) in [4.78, 5) is 23.7. The molecule has 0 spiro atoms. The van der Waals surface area contributed by atoms with Crippen molar-refractivity contribution in [1.29, 1.82) is 0 Å². The predicted octanol–water partition coefficient (Wildman–Crippen LogP) is 4.32. The highest BCUT2D eigenvalue weighted by Crippen LogP contribution is 2.43. The summed E-state index contributed by atoms with van der Waals surface area (Å²) < 4.78 is 19.7. The average molecular weight is 647 g/mol. The van der Waals surface area contributed by atoms with Crippen LogP contribution in [0.1, 0.15) is 48.5 Å². The molecule has 2 heterocycles. The maximum absolute atomic E-state index is 12.2. The lowest BCUT2D eigenvalue weighted by Gasteiger charge is -2.41. The van der Waals surface area contributed by atoms with Crippen LogP contribution < -0.4 is 10.6 Å². The third kappa shape index (κ3) is 8.49. The number of carbonyl (C=O) groups excluding carboxylic acids is 2. The molecule has 2 amide bonds. The first kappa shape index (κ1) is 33.1. The van der Waals surface area contributed by atoms with E-state index in [9.17, 15) is 14.7 Å². The van der Waals surface area contributed by atoms with Gasteiger partial charge in [0.05, 0.1) is 25.4 Å². The fourth-order valence-corrected chi connectivity index (χ4v) is 6.16. The fraction of sp³-hybridized carbons (Fsp3) is 0.364. The molecular weight excluding hydrogens is 608 g/mol. The summed E-state index contributed by atoms with van der Waals surface area (Å²) >= 11 is 1.54. The summed E-state index contributed by atoms with van der Waals surface area (Å²) in [6, 6.07) is 23.3. The Bertz CT molecular complexity index is 1620. The Morgan fingerprint density at radius 1 is 0.978 bits per heavy atom. The molecule has 4 atom stereocenters. The van der Waals surface area contributed by atoms with Crippen LogP contribution >= 0.6 is 11.8 Å². The molecule has 5 rings (SSSR count). The van der Waals surface area contributed by atoms with Crippen LogP contribution in [0.4, 0.5) is 4.79 Å². The zero-order valence-electron chi connectivity index (χ0n) is 26.0. The molecule has 1 aliphatic heterocycles. The van der Waals surface area contributed by atoms with Crippen molar-refractivity contribution in [1.82, 2.24) is 30.8 Å². The first-order valence-corrected chi connectivity index (χ1v) is 16.1. The van der Waals surface area contributed by atoms with E-state index in [1.165, 1.54) is 11.8 Å². The molecule has 3 aromatic carbocycles. The standard InChI is InChI=1S/C33H38N6O6S/c1-4-43-29(41)18-35-32(42)34-17-23-7-5-8-25(15-23)26-9-6-10-27(16-26)31-44-28(20-46-33-36-37-38-39(33)3)21(2)30(45-31)24-13-11-22(19-40)12-14-24/h5-16,21,28,30-31,40H,4,17-20H2,1-3H3,(H2,34,35,42)/t21-,28+,30+,31+/m0/s1. The Morgan fingerprint density at radius 3 is 2.46 bits per heavy atom. The lowest BCUT2D eigenvalue weighted by atomic mass is 9.91. The van der Waals surface area contributed by atoms with Crippen LogP contribution in [0.5, 0.6) is 0 Å². The summed E-state index contributed by atoms with van der Waals surface area (Å²) in [7, 11) is 1.81. The lowest BCUT2D eigenvalue weighted by molar-refractivity contribution is -0.268. The van der Waals surface area contributed by atoms with Gasteiger partial charge in [0, 0.05) is 30.8 Å². The molecule has 13 heteroatoms. The van der Waals surface area contributed by atoms with Crippen molar-refractivity contribution in [2.75, 3.05) is 18.9 Å². The summed E-state index contributed by atoms with van der Waals surface area (Å²) in [5.74, 6) is 0.160. The van der Waals surface area contributed by atoms with Crippen LogP contribution in [-0.4, -0.2) is 62.3 Å². The summed E-state index contributed by atoms with van der Waals surface area (Å²) in [5.41, 5.74) is 5.56. The van der Waals surface area contributed by atoms with Crippen LogP contribution in [0.2, 0.25) is 0 Å². The highest BCUT2D eigenvalue weighted by Gasteiger charge is 2.38. The Balaban J connectivity index is 1.32. The normalized spacial score (nSPS) is 19.4. The van der Waals surface area contributed by atoms with Gasteiger partial charge in [0.25, 0.3) is 0 Å². The zero-order valence-corrected chi connectivity index (χ0v) is 26.8. The van der Waals surface area contributed by atoms with Crippen molar-refractivity contribution in [3.05, 3.63) is 95.1 Å². The number of rotatable bonds is 12. The number of aliphatic hydroxyl groups excluding tert-OH is 1. The molecule has 12 nitrogen and oxygen atoms in total. The van der Waals surface area contributed by atoms with Crippen molar-refractivity contribution < 1.29 is 28.9 Å². The third-order valence-corrected chi connectivity index (χ3v) is 8.75. The van der Waals surface area contributed by atoms with Gasteiger partial charge in [-0.1, -0.05) is 79.3 Å². The minimum Gasteiger partial charge on any atom is -0.465 e. The van der Waals surface area contributed by atoms with E-state index in [2.05, 4.69) is 39.1 Å². The van der Waals surface area contributed by atoms with Crippen molar-refractivity contribution >= 4 is 23.8 Å². The minimum absolute atomic E-state index is 0.0202. The molecule has 0 unspecified atom stereocenters. The second-order valence-electron chi connectivity index (χ2n) is 10.9. The molecule has 4 aromatic rings. The number of tetrazole rings is 1. The minimum atomic E-state index is -0.630. The highest BCUT2D eigenvalue weighted by atomic mass is 32.2. The summed E-state index contributed by atoms with van der Waals surface area (Å²) in [5, 5.41) is 27.3.